The van der Waals surface area contributed by atoms with Crippen molar-refractivity contribution in [1.29, 1.82) is 0 Å². The van der Waals surface area contributed by atoms with E-state index in [9.17, 15) is 14.0 Å². The van der Waals surface area contributed by atoms with E-state index in [0.29, 0.717) is 18.7 Å². The molecular weight excluding hydrogens is 265 g/mol. The van der Waals surface area contributed by atoms with Crippen molar-refractivity contribution in [2.75, 3.05) is 19.7 Å². The van der Waals surface area contributed by atoms with Gasteiger partial charge >= 0.3 is 5.97 Å². The first-order valence-electron chi connectivity index (χ1n) is 6.43. The molecule has 1 heterocycles. The maximum atomic E-state index is 13.7. The van der Waals surface area contributed by atoms with Crippen LogP contribution in [-0.4, -0.2) is 41.6 Å². The van der Waals surface area contributed by atoms with Crippen LogP contribution in [0, 0.1) is 5.82 Å². The molecule has 0 bridgehead atoms. The zero-order valence-corrected chi connectivity index (χ0v) is 10.9. The van der Waals surface area contributed by atoms with Gasteiger partial charge in [-0.3, -0.25) is 9.59 Å². The quantitative estimate of drug-likeness (QED) is 0.910. The summed E-state index contributed by atoms with van der Waals surface area (Å²) in [6.45, 7) is 0.973. The van der Waals surface area contributed by atoms with Gasteiger partial charge in [0.2, 0.25) is 5.91 Å². The molecule has 6 heteroatoms. The molecule has 1 unspecified atom stereocenters. The number of benzene rings is 1. The van der Waals surface area contributed by atoms with Gasteiger partial charge in [0.05, 0.1) is 19.6 Å². The minimum Gasteiger partial charge on any atom is -0.481 e. The largest absolute Gasteiger partial charge is 0.481 e. The van der Waals surface area contributed by atoms with E-state index in [1.807, 2.05) is 0 Å². The predicted octanol–water partition coefficient (Wildman–Crippen LogP) is 1.59. The Labute approximate surface area is 116 Å². The monoisotopic (exact) mass is 281 g/mol. The van der Waals surface area contributed by atoms with E-state index in [1.54, 1.807) is 18.2 Å². The number of morpholine rings is 1. The zero-order chi connectivity index (χ0) is 14.5. The number of ether oxygens (including phenoxy) is 1. The van der Waals surface area contributed by atoms with Crippen molar-refractivity contribution in [3.63, 3.8) is 0 Å². The Morgan fingerprint density at radius 3 is 2.80 bits per heavy atom. The van der Waals surface area contributed by atoms with Gasteiger partial charge in [0.15, 0.2) is 0 Å². The first kappa shape index (κ1) is 14.5. The van der Waals surface area contributed by atoms with Crippen LogP contribution in [0.15, 0.2) is 24.3 Å². The summed E-state index contributed by atoms with van der Waals surface area (Å²) in [7, 11) is 0. The van der Waals surface area contributed by atoms with Crippen LogP contribution in [0.5, 0.6) is 0 Å². The van der Waals surface area contributed by atoms with Crippen LogP contribution < -0.4 is 0 Å². The lowest BCUT2D eigenvalue weighted by Gasteiger charge is -2.33. The highest BCUT2D eigenvalue weighted by molar-refractivity contribution is 5.80. The number of halogens is 1. The average molecular weight is 281 g/mol. The molecule has 2 rings (SSSR count). The highest BCUT2D eigenvalue weighted by Crippen LogP contribution is 2.24. The average Bonchev–Trinajstić information content (AvgIpc) is 2.45. The molecule has 0 aliphatic carbocycles. The predicted molar refractivity (Wildman–Crippen MR) is 68.5 cm³/mol. The standard InChI is InChI=1S/C14H16FNO4/c15-11-4-2-1-3-10(11)12-9-16(7-8-20-12)13(17)5-6-14(18)19/h1-4,12H,5-9H2,(H,18,19). The normalized spacial score (nSPS) is 18.9. The number of nitrogens with zero attached hydrogens (tertiary/aromatic N) is 1. The Kier molecular flexibility index (Phi) is 4.68. The fourth-order valence-corrected chi connectivity index (χ4v) is 2.17. The molecule has 1 atom stereocenters. The van der Waals surface area contributed by atoms with E-state index >= 15 is 0 Å². The summed E-state index contributed by atoms with van der Waals surface area (Å²) in [5.41, 5.74) is 0.420. The zero-order valence-electron chi connectivity index (χ0n) is 10.9. The lowest BCUT2D eigenvalue weighted by atomic mass is 10.1. The molecule has 20 heavy (non-hydrogen) atoms. The molecule has 5 nitrogen and oxygen atoms in total. The second-order valence-corrected chi connectivity index (χ2v) is 4.61. The van der Waals surface area contributed by atoms with Gasteiger partial charge in [0.1, 0.15) is 11.9 Å². The van der Waals surface area contributed by atoms with Gasteiger partial charge in [-0.1, -0.05) is 18.2 Å². The highest BCUT2D eigenvalue weighted by Gasteiger charge is 2.27. The van der Waals surface area contributed by atoms with Crippen molar-refractivity contribution < 1.29 is 23.8 Å². The summed E-state index contributed by atoms with van der Waals surface area (Å²) < 4.78 is 19.2. The Hall–Kier alpha value is -1.95. The lowest BCUT2D eigenvalue weighted by molar-refractivity contribution is -0.144. The van der Waals surface area contributed by atoms with Gasteiger partial charge in [-0.15, -0.1) is 0 Å². The molecule has 1 aromatic carbocycles. The second-order valence-electron chi connectivity index (χ2n) is 4.61. The van der Waals surface area contributed by atoms with Crippen LogP contribution in [0.2, 0.25) is 0 Å². The smallest absolute Gasteiger partial charge is 0.303 e. The number of carbonyl (C=O) groups excluding carboxylic acids is 1. The van der Waals surface area contributed by atoms with E-state index in [4.69, 9.17) is 9.84 Å². The number of hydrogen-bond donors (Lipinski definition) is 1. The number of carbonyl (C=O) groups is 2. The van der Waals surface area contributed by atoms with Crippen molar-refractivity contribution in [2.45, 2.75) is 18.9 Å². The number of amides is 1. The molecule has 0 aromatic heterocycles. The molecule has 0 saturated carbocycles. The Morgan fingerprint density at radius 1 is 1.35 bits per heavy atom. The first-order valence-corrected chi connectivity index (χ1v) is 6.43. The number of aliphatic carboxylic acids is 1. The fourth-order valence-electron chi connectivity index (χ4n) is 2.17. The van der Waals surface area contributed by atoms with Gasteiger partial charge in [-0.25, -0.2) is 4.39 Å². The first-order chi connectivity index (χ1) is 9.58. The molecule has 1 aromatic rings. The third-order valence-electron chi connectivity index (χ3n) is 3.22. The summed E-state index contributed by atoms with van der Waals surface area (Å²) in [5, 5.41) is 8.58. The van der Waals surface area contributed by atoms with Crippen LogP contribution in [0.25, 0.3) is 0 Å². The molecule has 0 spiro atoms. The summed E-state index contributed by atoms with van der Waals surface area (Å²) in [5.74, 6) is -1.60. The Morgan fingerprint density at radius 2 is 2.10 bits per heavy atom. The van der Waals surface area contributed by atoms with Crippen molar-refractivity contribution in [2.24, 2.45) is 0 Å². The maximum Gasteiger partial charge on any atom is 0.303 e. The summed E-state index contributed by atoms with van der Waals surface area (Å²) in [6, 6.07) is 6.29. The van der Waals surface area contributed by atoms with Crippen molar-refractivity contribution >= 4 is 11.9 Å². The third-order valence-corrected chi connectivity index (χ3v) is 3.22. The number of carboxylic acid groups (broad SMARTS) is 1. The Bertz CT molecular complexity index is 506. The van der Waals surface area contributed by atoms with Crippen LogP contribution >= 0.6 is 0 Å². The van der Waals surface area contributed by atoms with E-state index in [2.05, 4.69) is 0 Å². The summed E-state index contributed by atoms with van der Waals surface area (Å²) in [6.07, 6.45) is -0.737. The summed E-state index contributed by atoms with van der Waals surface area (Å²) >= 11 is 0. The maximum absolute atomic E-state index is 13.7. The van der Waals surface area contributed by atoms with Gasteiger partial charge in [-0.05, 0) is 6.07 Å². The van der Waals surface area contributed by atoms with Crippen molar-refractivity contribution in [1.82, 2.24) is 4.90 Å². The molecule has 1 saturated heterocycles. The van der Waals surface area contributed by atoms with E-state index in [-0.39, 0.29) is 31.1 Å². The molecule has 1 N–H and O–H groups in total. The molecular formula is C14H16FNO4. The molecule has 1 amide bonds. The topological polar surface area (TPSA) is 66.8 Å². The third kappa shape index (κ3) is 3.54. The van der Waals surface area contributed by atoms with Crippen molar-refractivity contribution in [3.05, 3.63) is 35.6 Å². The van der Waals surface area contributed by atoms with Gasteiger partial charge in [0, 0.05) is 18.5 Å². The summed E-state index contributed by atoms with van der Waals surface area (Å²) in [4.78, 5) is 23.9. The van der Waals surface area contributed by atoms with Crippen LogP contribution in [0.3, 0.4) is 0 Å². The van der Waals surface area contributed by atoms with E-state index < -0.39 is 12.1 Å². The number of hydrogen-bond acceptors (Lipinski definition) is 3. The second kappa shape index (κ2) is 6.47. The number of carboxylic acids is 1. The van der Waals surface area contributed by atoms with E-state index in [0.717, 1.165) is 0 Å². The van der Waals surface area contributed by atoms with Crippen molar-refractivity contribution in [3.8, 4) is 0 Å². The molecule has 1 aliphatic rings. The van der Waals surface area contributed by atoms with Crippen LogP contribution in [-0.2, 0) is 14.3 Å². The van der Waals surface area contributed by atoms with Gasteiger partial charge in [-0.2, -0.15) is 0 Å². The SMILES string of the molecule is O=C(O)CCC(=O)N1CCOC(c2ccccc2F)C1. The number of rotatable bonds is 4. The van der Waals surface area contributed by atoms with E-state index in [1.165, 1.54) is 11.0 Å². The van der Waals surface area contributed by atoms with Crippen LogP contribution in [0.1, 0.15) is 24.5 Å². The van der Waals surface area contributed by atoms with Crippen LogP contribution in [0.4, 0.5) is 4.39 Å². The minimum atomic E-state index is -1.00. The minimum absolute atomic E-state index is 0.0423. The molecule has 108 valence electrons. The highest BCUT2D eigenvalue weighted by atomic mass is 19.1. The van der Waals surface area contributed by atoms with Gasteiger partial charge < -0.3 is 14.7 Å². The molecule has 1 fully saturated rings. The molecule has 1 aliphatic heterocycles. The fraction of sp³-hybridized carbons (Fsp3) is 0.429. The Balaban J connectivity index is 2.00. The lowest BCUT2D eigenvalue weighted by Crippen LogP contribution is -2.42. The molecule has 0 radical (unpaired) electrons. The van der Waals surface area contributed by atoms with Gasteiger partial charge in [0.25, 0.3) is 0 Å².